The fourth-order valence-corrected chi connectivity index (χ4v) is 2.52. The van der Waals surface area contributed by atoms with Gasteiger partial charge in [0.25, 0.3) is 0 Å². The van der Waals surface area contributed by atoms with Crippen LogP contribution < -0.4 is 5.32 Å². The summed E-state index contributed by atoms with van der Waals surface area (Å²) in [7, 11) is 0. The highest BCUT2D eigenvalue weighted by molar-refractivity contribution is 6.42. The maximum atomic E-state index is 6.19. The van der Waals surface area contributed by atoms with Gasteiger partial charge >= 0.3 is 0 Å². The molecule has 2 unspecified atom stereocenters. The van der Waals surface area contributed by atoms with Crippen LogP contribution in [0, 0.1) is 5.92 Å². The van der Waals surface area contributed by atoms with Gasteiger partial charge in [-0.3, -0.25) is 0 Å². The largest absolute Gasteiger partial charge is 0.381 e. The molecular weight excluding hydrogens is 257 g/mol. The molecule has 4 heteroatoms. The Kier molecular flexibility index (Phi) is 4.69. The Labute approximate surface area is 112 Å². The molecule has 0 radical (unpaired) electrons. The van der Waals surface area contributed by atoms with Gasteiger partial charge in [0, 0.05) is 19.2 Å². The number of rotatable bonds is 4. The first-order valence-corrected chi connectivity index (χ1v) is 6.69. The van der Waals surface area contributed by atoms with Gasteiger partial charge < -0.3 is 10.1 Å². The molecule has 0 aliphatic carbocycles. The standard InChI is InChI=1S/C13H17Cl2NO/c1-9(16-7-10-5-6-17-8-10)11-3-2-4-12(14)13(11)15/h2-4,9-10,16H,5-8H2,1H3. The molecular formula is C13H17Cl2NO. The third-order valence-corrected chi connectivity index (χ3v) is 4.02. The van der Waals surface area contributed by atoms with Crippen molar-refractivity contribution in [3.8, 4) is 0 Å². The van der Waals surface area contributed by atoms with Gasteiger partial charge in [-0.25, -0.2) is 0 Å². The summed E-state index contributed by atoms with van der Waals surface area (Å²) in [5.41, 5.74) is 1.05. The van der Waals surface area contributed by atoms with Crippen LogP contribution in [0.15, 0.2) is 18.2 Å². The summed E-state index contributed by atoms with van der Waals surface area (Å²) in [6.45, 7) is 4.82. The van der Waals surface area contributed by atoms with E-state index in [-0.39, 0.29) is 6.04 Å². The van der Waals surface area contributed by atoms with Crippen LogP contribution in [0.5, 0.6) is 0 Å². The summed E-state index contributed by atoms with van der Waals surface area (Å²) in [5.74, 6) is 0.621. The molecule has 2 atom stereocenters. The molecule has 0 saturated carbocycles. The molecule has 1 heterocycles. The molecule has 0 amide bonds. The van der Waals surface area contributed by atoms with Gasteiger partial charge in [0.15, 0.2) is 0 Å². The summed E-state index contributed by atoms with van der Waals surface area (Å²) in [6, 6.07) is 5.96. The summed E-state index contributed by atoms with van der Waals surface area (Å²) in [6.07, 6.45) is 1.14. The molecule has 1 aliphatic heterocycles. The average Bonchev–Trinajstić information content (AvgIpc) is 2.82. The molecule has 0 aromatic heterocycles. The predicted octanol–water partition coefficient (Wildman–Crippen LogP) is 3.68. The number of hydrogen-bond donors (Lipinski definition) is 1. The summed E-state index contributed by atoms with van der Waals surface area (Å²) in [5, 5.41) is 4.75. The second-order valence-electron chi connectivity index (χ2n) is 4.50. The van der Waals surface area contributed by atoms with Crippen molar-refractivity contribution in [3.63, 3.8) is 0 Å². The molecule has 0 bridgehead atoms. The third kappa shape index (κ3) is 3.35. The summed E-state index contributed by atoms with van der Waals surface area (Å²) >= 11 is 12.2. The van der Waals surface area contributed by atoms with E-state index in [1.54, 1.807) is 0 Å². The summed E-state index contributed by atoms with van der Waals surface area (Å²) in [4.78, 5) is 0. The first kappa shape index (κ1) is 13.2. The van der Waals surface area contributed by atoms with Crippen LogP contribution in [-0.2, 0) is 4.74 Å². The second-order valence-corrected chi connectivity index (χ2v) is 5.29. The van der Waals surface area contributed by atoms with E-state index in [1.807, 2.05) is 18.2 Å². The molecule has 1 aliphatic rings. The van der Waals surface area contributed by atoms with Gasteiger partial charge in [0.2, 0.25) is 0 Å². The van der Waals surface area contributed by atoms with Gasteiger partial charge in [-0.05, 0) is 30.9 Å². The Morgan fingerprint density at radius 2 is 2.29 bits per heavy atom. The van der Waals surface area contributed by atoms with Crippen LogP contribution in [-0.4, -0.2) is 19.8 Å². The zero-order valence-corrected chi connectivity index (χ0v) is 11.4. The van der Waals surface area contributed by atoms with Gasteiger partial charge in [-0.15, -0.1) is 0 Å². The highest BCUT2D eigenvalue weighted by atomic mass is 35.5. The number of halogens is 2. The van der Waals surface area contributed by atoms with Crippen LogP contribution in [0.2, 0.25) is 10.0 Å². The van der Waals surface area contributed by atoms with Crippen LogP contribution >= 0.6 is 23.2 Å². The minimum atomic E-state index is 0.210. The van der Waals surface area contributed by atoms with E-state index < -0.39 is 0 Å². The maximum absolute atomic E-state index is 6.19. The van der Waals surface area contributed by atoms with Crippen molar-refractivity contribution in [3.05, 3.63) is 33.8 Å². The predicted molar refractivity (Wildman–Crippen MR) is 71.8 cm³/mol. The van der Waals surface area contributed by atoms with Crippen molar-refractivity contribution in [1.29, 1.82) is 0 Å². The molecule has 1 N–H and O–H groups in total. The van der Waals surface area contributed by atoms with E-state index in [0.29, 0.717) is 16.0 Å². The fourth-order valence-electron chi connectivity index (χ4n) is 2.05. The highest BCUT2D eigenvalue weighted by Crippen LogP contribution is 2.29. The lowest BCUT2D eigenvalue weighted by Gasteiger charge is -2.18. The SMILES string of the molecule is CC(NCC1CCOC1)c1cccc(Cl)c1Cl. The number of ether oxygens (including phenoxy) is 1. The Balaban J connectivity index is 1.94. The highest BCUT2D eigenvalue weighted by Gasteiger charge is 2.17. The molecule has 17 heavy (non-hydrogen) atoms. The Morgan fingerprint density at radius 3 is 3.00 bits per heavy atom. The Morgan fingerprint density at radius 1 is 1.47 bits per heavy atom. The van der Waals surface area contributed by atoms with Crippen molar-refractivity contribution in [2.75, 3.05) is 19.8 Å². The summed E-state index contributed by atoms with van der Waals surface area (Å²) < 4.78 is 5.35. The minimum absolute atomic E-state index is 0.210. The van der Waals surface area contributed by atoms with E-state index >= 15 is 0 Å². The van der Waals surface area contributed by atoms with Crippen molar-refractivity contribution in [2.45, 2.75) is 19.4 Å². The fraction of sp³-hybridized carbons (Fsp3) is 0.538. The maximum Gasteiger partial charge on any atom is 0.0639 e. The zero-order chi connectivity index (χ0) is 12.3. The van der Waals surface area contributed by atoms with Crippen molar-refractivity contribution in [1.82, 2.24) is 5.32 Å². The van der Waals surface area contributed by atoms with E-state index in [0.717, 1.165) is 31.7 Å². The normalized spacial score (nSPS) is 21.7. The zero-order valence-electron chi connectivity index (χ0n) is 9.88. The topological polar surface area (TPSA) is 21.3 Å². The smallest absolute Gasteiger partial charge is 0.0639 e. The molecule has 1 aromatic carbocycles. The second kappa shape index (κ2) is 6.05. The third-order valence-electron chi connectivity index (χ3n) is 3.18. The van der Waals surface area contributed by atoms with Crippen LogP contribution in [0.25, 0.3) is 0 Å². The Hall–Kier alpha value is -0.280. The van der Waals surface area contributed by atoms with Gasteiger partial charge in [0.1, 0.15) is 0 Å². The van der Waals surface area contributed by atoms with Gasteiger partial charge in [-0.1, -0.05) is 35.3 Å². The van der Waals surface area contributed by atoms with Crippen LogP contribution in [0.3, 0.4) is 0 Å². The molecule has 2 nitrogen and oxygen atoms in total. The van der Waals surface area contributed by atoms with E-state index in [1.165, 1.54) is 0 Å². The quantitative estimate of drug-likeness (QED) is 0.904. The molecule has 0 spiro atoms. The van der Waals surface area contributed by atoms with E-state index in [4.69, 9.17) is 27.9 Å². The molecule has 94 valence electrons. The Bertz CT molecular complexity index is 378. The van der Waals surface area contributed by atoms with Gasteiger partial charge in [-0.2, -0.15) is 0 Å². The van der Waals surface area contributed by atoms with Crippen molar-refractivity contribution >= 4 is 23.2 Å². The van der Waals surface area contributed by atoms with Crippen LogP contribution in [0.4, 0.5) is 0 Å². The molecule has 1 aromatic rings. The lowest BCUT2D eigenvalue weighted by molar-refractivity contribution is 0.184. The number of benzene rings is 1. The molecule has 2 rings (SSSR count). The number of hydrogen-bond acceptors (Lipinski definition) is 2. The first-order valence-electron chi connectivity index (χ1n) is 5.93. The lowest BCUT2D eigenvalue weighted by atomic mass is 10.1. The lowest BCUT2D eigenvalue weighted by Crippen LogP contribution is -2.26. The molecule has 1 fully saturated rings. The average molecular weight is 274 g/mol. The minimum Gasteiger partial charge on any atom is -0.381 e. The van der Waals surface area contributed by atoms with Crippen molar-refractivity contribution < 1.29 is 4.74 Å². The molecule has 1 saturated heterocycles. The van der Waals surface area contributed by atoms with E-state index in [2.05, 4.69) is 12.2 Å². The van der Waals surface area contributed by atoms with Gasteiger partial charge in [0.05, 0.1) is 16.7 Å². The monoisotopic (exact) mass is 273 g/mol. The van der Waals surface area contributed by atoms with E-state index in [9.17, 15) is 0 Å². The first-order chi connectivity index (χ1) is 8.18. The van der Waals surface area contributed by atoms with Crippen LogP contribution in [0.1, 0.15) is 24.9 Å². The van der Waals surface area contributed by atoms with Crippen molar-refractivity contribution in [2.24, 2.45) is 5.92 Å². The number of nitrogens with one attached hydrogen (secondary N) is 1.